The van der Waals surface area contributed by atoms with Crippen molar-refractivity contribution in [2.24, 2.45) is 23.7 Å². The molecule has 4 atom stereocenters. The Kier molecular flexibility index (Phi) is 1.51. The van der Waals surface area contributed by atoms with Gasteiger partial charge in [-0.25, -0.2) is 0 Å². The molecule has 0 aromatic rings. The molecule has 0 radical (unpaired) electrons. The lowest BCUT2D eigenvalue weighted by atomic mass is 9.89. The second-order valence-electron chi connectivity index (χ2n) is 4.29. The number of fused-ring (bicyclic) bond motifs is 2. The van der Waals surface area contributed by atoms with Gasteiger partial charge in [0.05, 0.1) is 0 Å². The van der Waals surface area contributed by atoms with Gasteiger partial charge in [0.15, 0.2) is 0 Å². The zero-order chi connectivity index (χ0) is 7.14. The van der Waals surface area contributed by atoms with Gasteiger partial charge >= 0.3 is 0 Å². The van der Waals surface area contributed by atoms with E-state index >= 15 is 0 Å². The van der Waals surface area contributed by atoms with Crippen molar-refractivity contribution in [2.75, 3.05) is 0 Å². The normalized spacial score (nSPS) is 52.2. The summed E-state index contributed by atoms with van der Waals surface area (Å²) in [7, 11) is 0. The van der Waals surface area contributed by atoms with Crippen molar-refractivity contribution in [2.45, 2.75) is 39.5 Å². The number of hydrogen-bond acceptors (Lipinski definition) is 0. The van der Waals surface area contributed by atoms with E-state index < -0.39 is 0 Å². The maximum atomic E-state index is 2.45. The summed E-state index contributed by atoms with van der Waals surface area (Å²) in [5.41, 5.74) is 0. The molecule has 10 heavy (non-hydrogen) atoms. The fourth-order valence-corrected chi connectivity index (χ4v) is 3.47. The topological polar surface area (TPSA) is 0 Å². The molecule has 0 aromatic carbocycles. The van der Waals surface area contributed by atoms with Gasteiger partial charge in [0.1, 0.15) is 0 Å². The van der Waals surface area contributed by atoms with Gasteiger partial charge in [-0.05, 0) is 42.9 Å². The van der Waals surface area contributed by atoms with Crippen LogP contribution in [0.15, 0.2) is 0 Å². The highest BCUT2D eigenvalue weighted by molar-refractivity contribution is 4.94. The average Bonchev–Trinajstić information content (AvgIpc) is 2.42. The van der Waals surface area contributed by atoms with E-state index in [1.165, 1.54) is 6.42 Å². The minimum absolute atomic E-state index is 1.06. The largest absolute Gasteiger partial charge is 0.0651 e. The predicted molar refractivity (Wildman–Crippen MR) is 43.8 cm³/mol. The Labute approximate surface area is 64.0 Å². The molecule has 0 nitrogen and oxygen atoms in total. The van der Waals surface area contributed by atoms with Crippen LogP contribution >= 0.6 is 0 Å². The average molecular weight is 138 g/mol. The molecule has 0 amide bonds. The zero-order valence-corrected chi connectivity index (χ0v) is 7.14. The van der Waals surface area contributed by atoms with Crippen LogP contribution in [0.2, 0.25) is 0 Å². The lowest BCUT2D eigenvalue weighted by molar-refractivity contribution is 0.336. The SMILES string of the molecule is CC[C@@H]1C2CCC1C(C)C2. The summed E-state index contributed by atoms with van der Waals surface area (Å²) in [6.07, 6.45) is 6.08. The molecule has 2 bridgehead atoms. The third-order valence-electron chi connectivity index (χ3n) is 3.90. The van der Waals surface area contributed by atoms with Gasteiger partial charge in [-0.2, -0.15) is 0 Å². The minimum atomic E-state index is 1.06. The summed E-state index contributed by atoms with van der Waals surface area (Å²) >= 11 is 0. The van der Waals surface area contributed by atoms with Gasteiger partial charge < -0.3 is 0 Å². The Morgan fingerprint density at radius 2 is 2.10 bits per heavy atom. The van der Waals surface area contributed by atoms with Gasteiger partial charge in [-0.15, -0.1) is 0 Å². The van der Waals surface area contributed by atoms with Crippen LogP contribution in [-0.4, -0.2) is 0 Å². The van der Waals surface area contributed by atoms with E-state index in [4.69, 9.17) is 0 Å². The van der Waals surface area contributed by atoms with Crippen LogP contribution in [-0.2, 0) is 0 Å². The minimum Gasteiger partial charge on any atom is -0.0651 e. The first-order chi connectivity index (χ1) is 4.83. The summed E-state index contributed by atoms with van der Waals surface area (Å²) in [6, 6.07) is 0. The van der Waals surface area contributed by atoms with Gasteiger partial charge in [0.2, 0.25) is 0 Å². The molecule has 2 aliphatic rings. The second kappa shape index (κ2) is 2.25. The molecule has 2 rings (SSSR count). The quantitative estimate of drug-likeness (QED) is 0.522. The first-order valence-corrected chi connectivity index (χ1v) is 4.83. The summed E-state index contributed by atoms with van der Waals surface area (Å²) in [6.45, 7) is 4.82. The molecule has 0 heteroatoms. The standard InChI is InChI=1S/C10H18/c1-3-9-8-4-5-10(9)7(2)6-8/h7-10H,3-6H2,1-2H3/t7?,8?,9-,10?/m1/s1. The monoisotopic (exact) mass is 138 g/mol. The molecule has 2 fully saturated rings. The van der Waals surface area contributed by atoms with E-state index in [2.05, 4.69) is 13.8 Å². The van der Waals surface area contributed by atoms with Gasteiger partial charge in [0.25, 0.3) is 0 Å². The maximum Gasteiger partial charge on any atom is -0.0357 e. The molecule has 0 heterocycles. The third kappa shape index (κ3) is 0.741. The Bertz CT molecular complexity index is 128. The van der Waals surface area contributed by atoms with Crippen molar-refractivity contribution < 1.29 is 0 Å². The molecule has 0 aliphatic heterocycles. The highest BCUT2D eigenvalue weighted by Crippen LogP contribution is 2.53. The Balaban J connectivity index is 2.11. The Morgan fingerprint density at radius 1 is 1.30 bits per heavy atom. The molecule has 3 unspecified atom stereocenters. The molecule has 0 N–H and O–H groups in total. The summed E-state index contributed by atoms with van der Waals surface area (Å²) in [4.78, 5) is 0. The van der Waals surface area contributed by atoms with Crippen LogP contribution in [0.3, 0.4) is 0 Å². The molecular formula is C10H18. The van der Waals surface area contributed by atoms with Gasteiger partial charge in [-0.3, -0.25) is 0 Å². The van der Waals surface area contributed by atoms with E-state index in [0.717, 1.165) is 23.7 Å². The van der Waals surface area contributed by atoms with Crippen LogP contribution in [0, 0.1) is 23.7 Å². The highest BCUT2D eigenvalue weighted by Gasteiger charge is 2.44. The van der Waals surface area contributed by atoms with Crippen LogP contribution in [0.4, 0.5) is 0 Å². The Morgan fingerprint density at radius 3 is 2.40 bits per heavy atom. The van der Waals surface area contributed by atoms with E-state index in [1.54, 1.807) is 19.3 Å². The second-order valence-corrected chi connectivity index (χ2v) is 4.29. The van der Waals surface area contributed by atoms with Crippen LogP contribution in [0.5, 0.6) is 0 Å². The van der Waals surface area contributed by atoms with Crippen molar-refractivity contribution in [3.8, 4) is 0 Å². The van der Waals surface area contributed by atoms with E-state index in [0.29, 0.717) is 0 Å². The lowest BCUT2D eigenvalue weighted by Crippen LogP contribution is -2.08. The fraction of sp³-hybridized carbons (Fsp3) is 1.00. The summed E-state index contributed by atoms with van der Waals surface area (Å²) in [5, 5.41) is 0. The van der Waals surface area contributed by atoms with Crippen molar-refractivity contribution in [3.63, 3.8) is 0 Å². The number of rotatable bonds is 1. The third-order valence-corrected chi connectivity index (χ3v) is 3.90. The van der Waals surface area contributed by atoms with Gasteiger partial charge in [0, 0.05) is 0 Å². The fourth-order valence-electron chi connectivity index (χ4n) is 3.47. The summed E-state index contributed by atoms with van der Waals surface area (Å²) in [5.74, 6) is 4.43. The molecular weight excluding hydrogens is 120 g/mol. The van der Waals surface area contributed by atoms with Crippen molar-refractivity contribution in [1.82, 2.24) is 0 Å². The highest BCUT2D eigenvalue weighted by atomic mass is 14.5. The lowest BCUT2D eigenvalue weighted by Gasteiger charge is -2.16. The zero-order valence-electron chi connectivity index (χ0n) is 7.14. The first kappa shape index (κ1) is 6.69. The van der Waals surface area contributed by atoms with Crippen LogP contribution in [0.25, 0.3) is 0 Å². The molecule has 58 valence electrons. The molecule has 0 spiro atoms. The maximum absolute atomic E-state index is 2.45. The van der Waals surface area contributed by atoms with Crippen LogP contribution in [0.1, 0.15) is 39.5 Å². The molecule has 0 aromatic heterocycles. The van der Waals surface area contributed by atoms with Crippen molar-refractivity contribution in [3.05, 3.63) is 0 Å². The van der Waals surface area contributed by atoms with Gasteiger partial charge in [-0.1, -0.05) is 20.3 Å². The number of hydrogen-bond donors (Lipinski definition) is 0. The van der Waals surface area contributed by atoms with E-state index in [9.17, 15) is 0 Å². The van der Waals surface area contributed by atoms with E-state index in [-0.39, 0.29) is 0 Å². The summed E-state index contributed by atoms with van der Waals surface area (Å²) < 4.78 is 0. The van der Waals surface area contributed by atoms with Crippen molar-refractivity contribution in [1.29, 1.82) is 0 Å². The first-order valence-electron chi connectivity index (χ1n) is 4.83. The Hall–Kier alpha value is 0. The molecule has 2 aliphatic carbocycles. The molecule has 0 saturated heterocycles. The smallest absolute Gasteiger partial charge is 0.0357 e. The van der Waals surface area contributed by atoms with Crippen molar-refractivity contribution >= 4 is 0 Å². The molecule has 2 saturated carbocycles. The van der Waals surface area contributed by atoms with E-state index in [1.807, 2.05) is 0 Å². The van der Waals surface area contributed by atoms with Crippen LogP contribution < -0.4 is 0 Å². The predicted octanol–water partition coefficient (Wildman–Crippen LogP) is 3.08.